The van der Waals surface area contributed by atoms with Crippen molar-refractivity contribution in [3.05, 3.63) is 101 Å². The van der Waals surface area contributed by atoms with Gasteiger partial charge in [-0.2, -0.15) is 5.10 Å². The van der Waals surface area contributed by atoms with Gasteiger partial charge in [-0.15, -0.1) is 6.58 Å². The molecule has 1 N–H and O–H groups in total. The Hall–Kier alpha value is -4.07. The number of halogens is 1. The minimum absolute atomic E-state index is 0.0677. The lowest BCUT2D eigenvalue weighted by Gasteiger charge is -2.40. The van der Waals surface area contributed by atoms with Gasteiger partial charge in [0, 0.05) is 32.1 Å². The van der Waals surface area contributed by atoms with Crippen molar-refractivity contribution in [2.24, 2.45) is 0 Å². The van der Waals surface area contributed by atoms with Crippen molar-refractivity contribution in [3.8, 4) is 11.1 Å². The van der Waals surface area contributed by atoms with Crippen molar-refractivity contribution in [2.75, 3.05) is 19.6 Å². The third-order valence-electron chi connectivity index (χ3n) is 5.61. The van der Waals surface area contributed by atoms with E-state index >= 15 is 0 Å². The van der Waals surface area contributed by atoms with Gasteiger partial charge in [-0.05, 0) is 34.9 Å². The van der Waals surface area contributed by atoms with Crippen molar-refractivity contribution in [1.29, 1.82) is 0 Å². The van der Waals surface area contributed by atoms with Crippen LogP contribution < -0.4 is 5.56 Å². The first-order chi connectivity index (χ1) is 16.0. The van der Waals surface area contributed by atoms with Crippen LogP contribution in [0.2, 0.25) is 0 Å². The summed E-state index contributed by atoms with van der Waals surface area (Å²) in [6.45, 7) is 4.80. The highest BCUT2D eigenvalue weighted by Crippen LogP contribution is 2.24. The molecule has 4 rings (SSSR count). The van der Waals surface area contributed by atoms with E-state index in [1.165, 1.54) is 29.2 Å². The third kappa shape index (κ3) is 4.90. The second-order valence-corrected chi connectivity index (χ2v) is 7.81. The highest BCUT2D eigenvalue weighted by atomic mass is 19.1. The van der Waals surface area contributed by atoms with Crippen LogP contribution in [0.25, 0.3) is 11.1 Å². The molecule has 3 aromatic rings. The van der Waals surface area contributed by atoms with Gasteiger partial charge in [0.1, 0.15) is 17.6 Å². The molecule has 1 aromatic heterocycles. The Kier molecular flexibility index (Phi) is 6.44. The summed E-state index contributed by atoms with van der Waals surface area (Å²) in [5.41, 5.74) is 2.04. The number of amides is 2. The van der Waals surface area contributed by atoms with E-state index < -0.39 is 17.5 Å². The molecule has 33 heavy (non-hydrogen) atoms. The molecule has 1 aliphatic heterocycles. The maximum Gasteiger partial charge on any atom is 0.275 e. The SMILES string of the molecule is C=CCN1CCN(C(=O)c2ccc(=O)[nH]n2)[C@@H](Cc2cccc(-c3cccc(F)c3)c2)C1=O. The smallest absolute Gasteiger partial charge is 0.275 e. The van der Waals surface area contributed by atoms with Gasteiger partial charge in [0.2, 0.25) is 5.91 Å². The van der Waals surface area contributed by atoms with Gasteiger partial charge >= 0.3 is 0 Å². The van der Waals surface area contributed by atoms with E-state index in [2.05, 4.69) is 16.8 Å². The number of nitrogens with one attached hydrogen (secondary N) is 1. The Labute approximate surface area is 190 Å². The quantitative estimate of drug-likeness (QED) is 0.590. The summed E-state index contributed by atoms with van der Waals surface area (Å²) in [6.07, 6.45) is 1.94. The summed E-state index contributed by atoms with van der Waals surface area (Å²) in [6, 6.07) is 15.6. The van der Waals surface area contributed by atoms with Crippen molar-refractivity contribution in [3.63, 3.8) is 0 Å². The van der Waals surface area contributed by atoms with E-state index in [1.54, 1.807) is 17.0 Å². The first-order valence-electron chi connectivity index (χ1n) is 10.6. The molecule has 2 aromatic carbocycles. The molecule has 0 radical (unpaired) electrons. The molecular weight excluding hydrogens is 423 g/mol. The number of aromatic nitrogens is 2. The molecule has 1 fully saturated rings. The van der Waals surface area contributed by atoms with Crippen LogP contribution in [0.4, 0.5) is 4.39 Å². The number of H-pyrrole nitrogens is 1. The average Bonchev–Trinajstić information content (AvgIpc) is 2.82. The molecule has 2 amide bonds. The number of aromatic amines is 1. The molecule has 1 saturated heterocycles. The van der Waals surface area contributed by atoms with Crippen LogP contribution in [0.5, 0.6) is 0 Å². The number of carbonyl (C=O) groups excluding carboxylic acids is 2. The molecule has 0 saturated carbocycles. The molecule has 8 heteroatoms. The first-order valence-corrected chi connectivity index (χ1v) is 10.6. The number of carbonyl (C=O) groups is 2. The lowest BCUT2D eigenvalue weighted by atomic mass is 9.97. The highest BCUT2D eigenvalue weighted by Gasteiger charge is 2.37. The number of hydrogen-bond acceptors (Lipinski definition) is 4. The van der Waals surface area contributed by atoms with Gasteiger partial charge in [-0.3, -0.25) is 14.4 Å². The standard InChI is InChI=1S/C25H23FN4O3/c1-2-11-29-12-13-30(24(32)21-9-10-23(31)28-27-21)22(25(29)33)15-17-5-3-6-18(14-17)19-7-4-8-20(26)16-19/h2-10,14,16,22H,1,11-13,15H2,(H,28,31)/t22-/m0/s1. The Bertz CT molecular complexity index is 1240. The molecule has 1 aliphatic rings. The van der Waals surface area contributed by atoms with Crippen molar-refractivity contribution < 1.29 is 14.0 Å². The molecule has 7 nitrogen and oxygen atoms in total. The van der Waals surface area contributed by atoms with Crippen molar-refractivity contribution >= 4 is 11.8 Å². The maximum absolute atomic E-state index is 13.7. The van der Waals surface area contributed by atoms with Crippen LogP contribution in [0, 0.1) is 5.82 Å². The monoisotopic (exact) mass is 446 g/mol. The fraction of sp³-hybridized carbons (Fsp3) is 0.200. The summed E-state index contributed by atoms with van der Waals surface area (Å²) in [4.78, 5) is 40.9. The zero-order valence-corrected chi connectivity index (χ0v) is 17.9. The summed E-state index contributed by atoms with van der Waals surface area (Å²) < 4.78 is 13.7. The van der Waals surface area contributed by atoms with Crippen LogP contribution in [0.3, 0.4) is 0 Å². The lowest BCUT2D eigenvalue weighted by molar-refractivity contribution is -0.139. The predicted octanol–water partition coefficient (Wildman–Crippen LogP) is 2.66. The molecule has 1 atom stereocenters. The lowest BCUT2D eigenvalue weighted by Crippen LogP contribution is -2.59. The second-order valence-electron chi connectivity index (χ2n) is 7.81. The zero-order chi connectivity index (χ0) is 23.4. The van der Waals surface area contributed by atoms with E-state index in [4.69, 9.17) is 0 Å². The van der Waals surface area contributed by atoms with Crippen molar-refractivity contribution in [1.82, 2.24) is 20.0 Å². The topological polar surface area (TPSA) is 86.4 Å². The van der Waals surface area contributed by atoms with E-state index in [0.717, 1.165) is 16.7 Å². The van der Waals surface area contributed by atoms with Gasteiger partial charge in [0.05, 0.1) is 0 Å². The summed E-state index contributed by atoms with van der Waals surface area (Å²) in [5.74, 6) is -0.940. The number of nitrogens with zero attached hydrogens (tertiary/aromatic N) is 3. The normalized spacial score (nSPS) is 16.0. The fourth-order valence-electron chi connectivity index (χ4n) is 4.00. The maximum atomic E-state index is 13.7. The van der Waals surface area contributed by atoms with E-state index in [-0.39, 0.29) is 23.8 Å². The minimum atomic E-state index is -0.748. The van der Waals surface area contributed by atoms with Crippen LogP contribution in [0.1, 0.15) is 16.1 Å². The fourth-order valence-corrected chi connectivity index (χ4v) is 4.00. The molecule has 0 unspecified atom stereocenters. The van der Waals surface area contributed by atoms with E-state index in [1.807, 2.05) is 30.3 Å². The Morgan fingerprint density at radius 2 is 1.85 bits per heavy atom. The Balaban J connectivity index is 1.65. The molecular formula is C25H23FN4O3. The number of hydrogen-bond donors (Lipinski definition) is 1. The molecule has 0 aliphatic carbocycles. The molecule has 2 heterocycles. The van der Waals surface area contributed by atoms with E-state index in [0.29, 0.717) is 19.6 Å². The Morgan fingerprint density at radius 3 is 2.55 bits per heavy atom. The Morgan fingerprint density at radius 1 is 1.09 bits per heavy atom. The molecule has 0 bridgehead atoms. The number of rotatable bonds is 6. The van der Waals surface area contributed by atoms with Gasteiger partial charge in [0.25, 0.3) is 11.5 Å². The van der Waals surface area contributed by atoms with Gasteiger partial charge < -0.3 is 9.80 Å². The van der Waals surface area contributed by atoms with Crippen molar-refractivity contribution in [2.45, 2.75) is 12.5 Å². The van der Waals surface area contributed by atoms with Gasteiger partial charge in [-0.1, -0.05) is 42.5 Å². The molecule has 168 valence electrons. The minimum Gasteiger partial charge on any atom is -0.335 e. The third-order valence-corrected chi connectivity index (χ3v) is 5.61. The molecule has 0 spiro atoms. The number of benzene rings is 2. The van der Waals surface area contributed by atoms with Crippen LogP contribution >= 0.6 is 0 Å². The largest absolute Gasteiger partial charge is 0.335 e. The van der Waals surface area contributed by atoms with Gasteiger partial charge in [0.15, 0.2) is 0 Å². The van der Waals surface area contributed by atoms with Crippen LogP contribution in [0.15, 0.2) is 78.1 Å². The summed E-state index contributed by atoms with van der Waals surface area (Å²) in [7, 11) is 0. The zero-order valence-electron chi connectivity index (χ0n) is 17.9. The van der Waals surface area contributed by atoms with Gasteiger partial charge in [-0.25, -0.2) is 9.49 Å². The van der Waals surface area contributed by atoms with Crippen LogP contribution in [-0.2, 0) is 11.2 Å². The van der Waals surface area contributed by atoms with E-state index in [9.17, 15) is 18.8 Å². The highest BCUT2D eigenvalue weighted by molar-refractivity contribution is 5.97. The second kappa shape index (κ2) is 9.60. The summed E-state index contributed by atoms with van der Waals surface area (Å²) in [5, 5.41) is 6.09. The average molecular weight is 446 g/mol. The number of piperazine rings is 1. The van der Waals surface area contributed by atoms with Crippen LogP contribution in [-0.4, -0.2) is 57.5 Å². The summed E-state index contributed by atoms with van der Waals surface area (Å²) >= 11 is 0. The first kappa shape index (κ1) is 22.1. The predicted molar refractivity (Wildman–Crippen MR) is 122 cm³/mol.